The number of carbonyl (C=O) groups excluding carboxylic acids is 1. The van der Waals surface area contributed by atoms with E-state index in [9.17, 15) is 14.7 Å². The lowest BCUT2D eigenvalue weighted by atomic mass is 9.92. The molecule has 20 heavy (non-hydrogen) atoms. The summed E-state index contributed by atoms with van der Waals surface area (Å²) in [5.74, 6) is -0.919. The van der Waals surface area contributed by atoms with E-state index in [1.165, 1.54) is 11.3 Å². The topological polar surface area (TPSA) is 66.8 Å². The molecule has 1 aliphatic rings. The van der Waals surface area contributed by atoms with Gasteiger partial charge in [-0.3, -0.25) is 4.90 Å². The predicted octanol–water partition coefficient (Wildman–Crippen LogP) is 3.42. The van der Waals surface area contributed by atoms with Crippen LogP contribution in [0.3, 0.4) is 0 Å². The lowest BCUT2D eigenvalue weighted by Crippen LogP contribution is -2.51. The summed E-state index contributed by atoms with van der Waals surface area (Å²) in [4.78, 5) is 25.2. The van der Waals surface area contributed by atoms with E-state index in [1.54, 1.807) is 6.92 Å². The van der Waals surface area contributed by atoms with Gasteiger partial charge in [-0.15, -0.1) is 0 Å². The summed E-state index contributed by atoms with van der Waals surface area (Å²) in [5.41, 5.74) is 0. The number of rotatable bonds is 7. The average molecular weight is 285 g/mol. The molecule has 0 heterocycles. The highest BCUT2D eigenvalue weighted by atomic mass is 16.6. The van der Waals surface area contributed by atoms with Crippen molar-refractivity contribution in [1.82, 2.24) is 4.90 Å². The molecule has 116 valence electrons. The molecule has 0 aromatic rings. The first-order valence-electron chi connectivity index (χ1n) is 7.79. The first-order chi connectivity index (χ1) is 9.61. The number of carbonyl (C=O) groups is 2. The van der Waals surface area contributed by atoms with Crippen LogP contribution in [0, 0.1) is 0 Å². The molecule has 1 saturated carbocycles. The van der Waals surface area contributed by atoms with Crippen molar-refractivity contribution in [3.8, 4) is 0 Å². The van der Waals surface area contributed by atoms with Crippen molar-refractivity contribution >= 4 is 12.1 Å². The lowest BCUT2D eigenvalue weighted by Gasteiger charge is -2.37. The third kappa shape index (κ3) is 4.69. The molecule has 1 fully saturated rings. The maximum absolute atomic E-state index is 12.2. The highest BCUT2D eigenvalue weighted by molar-refractivity contribution is 5.80. The fourth-order valence-electron chi connectivity index (χ4n) is 2.87. The van der Waals surface area contributed by atoms with Gasteiger partial charge in [0.05, 0.1) is 6.61 Å². The largest absolute Gasteiger partial charge is 0.480 e. The van der Waals surface area contributed by atoms with Crippen molar-refractivity contribution in [2.24, 2.45) is 0 Å². The van der Waals surface area contributed by atoms with Gasteiger partial charge in [-0.05, 0) is 26.2 Å². The Morgan fingerprint density at radius 2 is 1.90 bits per heavy atom. The molecule has 1 aliphatic carbocycles. The second-order valence-electron chi connectivity index (χ2n) is 5.39. The molecule has 0 saturated heterocycles. The van der Waals surface area contributed by atoms with E-state index in [0.717, 1.165) is 38.5 Å². The summed E-state index contributed by atoms with van der Waals surface area (Å²) in [6, 6.07) is -0.738. The van der Waals surface area contributed by atoms with Crippen LogP contribution in [0.4, 0.5) is 4.79 Å². The molecule has 0 aromatic heterocycles. The molecule has 1 unspecified atom stereocenters. The molecule has 1 rings (SSSR count). The maximum atomic E-state index is 12.2. The zero-order valence-electron chi connectivity index (χ0n) is 12.6. The van der Waals surface area contributed by atoms with Crippen LogP contribution >= 0.6 is 0 Å². The molecular formula is C15H27NO4. The van der Waals surface area contributed by atoms with Gasteiger partial charge in [0.1, 0.15) is 6.04 Å². The van der Waals surface area contributed by atoms with Crippen LogP contribution in [0.2, 0.25) is 0 Å². The fourth-order valence-corrected chi connectivity index (χ4v) is 2.87. The smallest absolute Gasteiger partial charge is 0.410 e. The zero-order chi connectivity index (χ0) is 15.0. The van der Waals surface area contributed by atoms with E-state index in [0.29, 0.717) is 6.42 Å². The van der Waals surface area contributed by atoms with Crippen LogP contribution in [0.5, 0.6) is 0 Å². The van der Waals surface area contributed by atoms with Gasteiger partial charge >= 0.3 is 12.1 Å². The third-order valence-corrected chi connectivity index (χ3v) is 3.90. The van der Waals surface area contributed by atoms with Gasteiger partial charge in [0.2, 0.25) is 0 Å². The van der Waals surface area contributed by atoms with Crippen LogP contribution in [0.25, 0.3) is 0 Å². The molecule has 0 aromatic carbocycles. The zero-order valence-corrected chi connectivity index (χ0v) is 12.6. The lowest BCUT2D eigenvalue weighted by molar-refractivity contribution is -0.144. The van der Waals surface area contributed by atoms with E-state index in [-0.39, 0.29) is 12.6 Å². The minimum Gasteiger partial charge on any atom is -0.480 e. The number of hydrogen-bond donors (Lipinski definition) is 1. The van der Waals surface area contributed by atoms with Crippen LogP contribution in [-0.2, 0) is 9.53 Å². The summed E-state index contributed by atoms with van der Waals surface area (Å²) in [6.45, 7) is 4.05. The molecule has 5 nitrogen and oxygen atoms in total. The number of amides is 1. The second kappa shape index (κ2) is 8.82. The van der Waals surface area contributed by atoms with Gasteiger partial charge in [0.15, 0.2) is 0 Å². The van der Waals surface area contributed by atoms with Crippen molar-refractivity contribution in [1.29, 1.82) is 0 Å². The average Bonchev–Trinajstić information content (AvgIpc) is 2.44. The number of unbranched alkanes of at least 4 members (excludes halogenated alkanes) is 1. The Hall–Kier alpha value is -1.26. The van der Waals surface area contributed by atoms with Crippen LogP contribution < -0.4 is 0 Å². The third-order valence-electron chi connectivity index (χ3n) is 3.90. The molecule has 5 heteroatoms. The van der Waals surface area contributed by atoms with E-state index in [1.807, 2.05) is 6.92 Å². The Bertz CT molecular complexity index is 313. The minimum atomic E-state index is -0.919. The monoisotopic (exact) mass is 285 g/mol. The number of ether oxygens (including phenoxy) is 1. The fraction of sp³-hybridized carbons (Fsp3) is 0.867. The number of aliphatic carboxylic acids is 1. The van der Waals surface area contributed by atoms with Crippen molar-refractivity contribution < 1.29 is 19.4 Å². The second-order valence-corrected chi connectivity index (χ2v) is 5.39. The Kier molecular flexibility index (Phi) is 7.41. The van der Waals surface area contributed by atoms with Crippen molar-refractivity contribution in [3.05, 3.63) is 0 Å². The summed E-state index contributed by atoms with van der Waals surface area (Å²) in [6.07, 6.45) is 6.80. The minimum absolute atomic E-state index is 0.0146. The van der Waals surface area contributed by atoms with Gasteiger partial charge < -0.3 is 9.84 Å². The van der Waals surface area contributed by atoms with E-state index < -0.39 is 18.1 Å². The van der Waals surface area contributed by atoms with Crippen molar-refractivity contribution in [2.45, 2.75) is 77.3 Å². The number of nitrogens with zero attached hydrogens (tertiary/aromatic N) is 1. The van der Waals surface area contributed by atoms with Gasteiger partial charge in [0, 0.05) is 6.04 Å². The highest BCUT2D eigenvalue weighted by Gasteiger charge is 2.36. The molecule has 0 aliphatic heterocycles. The van der Waals surface area contributed by atoms with Crippen LogP contribution in [-0.4, -0.2) is 40.8 Å². The normalized spacial score (nSPS) is 17.5. The number of carboxylic acids is 1. The molecule has 1 N–H and O–H groups in total. The van der Waals surface area contributed by atoms with Crippen molar-refractivity contribution in [3.63, 3.8) is 0 Å². The molecule has 0 radical (unpaired) electrons. The standard InChI is InChI=1S/C15H27NO4/c1-3-5-11-13(14(17)18)16(15(19)20-4-2)12-9-7-6-8-10-12/h12-13H,3-11H2,1-2H3,(H,17,18). The van der Waals surface area contributed by atoms with Gasteiger partial charge in [-0.2, -0.15) is 0 Å². The van der Waals surface area contributed by atoms with Gasteiger partial charge in [-0.25, -0.2) is 9.59 Å². The van der Waals surface area contributed by atoms with Gasteiger partial charge in [0.25, 0.3) is 0 Å². The number of carboxylic acid groups (broad SMARTS) is 1. The molecule has 1 atom stereocenters. The van der Waals surface area contributed by atoms with E-state index in [2.05, 4.69) is 0 Å². The molecule has 1 amide bonds. The van der Waals surface area contributed by atoms with Crippen LogP contribution in [0.15, 0.2) is 0 Å². The molecule has 0 bridgehead atoms. The maximum Gasteiger partial charge on any atom is 0.410 e. The summed E-state index contributed by atoms with van der Waals surface area (Å²) in [7, 11) is 0. The van der Waals surface area contributed by atoms with Crippen molar-refractivity contribution in [2.75, 3.05) is 6.61 Å². The Labute approximate surface area is 121 Å². The summed E-state index contributed by atoms with van der Waals surface area (Å²) in [5, 5.41) is 9.47. The highest BCUT2D eigenvalue weighted by Crippen LogP contribution is 2.26. The first kappa shape index (κ1) is 16.8. The summed E-state index contributed by atoms with van der Waals surface area (Å²) < 4.78 is 5.09. The Morgan fingerprint density at radius 3 is 2.40 bits per heavy atom. The quantitative estimate of drug-likeness (QED) is 0.778. The summed E-state index contributed by atoms with van der Waals surface area (Å²) >= 11 is 0. The van der Waals surface area contributed by atoms with Gasteiger partial charge in [-0.1, -0.05) is 39.0 Å². The predicted molar refractivity (Wildman–Crippen MR) is 76.7 cm³/mol. The van der Waals surface area contributed by atoms with E-state index >= 15 is 0 Å². The first-order valence-corrected chi connectivity index (χ1v) is 7.79. The Balaban J connectivity index is 2.86. The Morgan fingerprint density at radius 1 is 1.25 bits per heavy atom. The van der Waals surface area contributed by atoms with E-state index in [4.69, 9.17) is 4.74 Å². The van der Waals surface area contributed by atoms with Crippen LogP contribution in [0.1, 0.15) is 65.2 Å². The SMILES string of the molecule is CCCCC(C(=O)O)N(C(=O)OCC)C1CCCCC1. The molecular weight excluding hydrogens is 258 g/mol. The number of hydrogen-bond acceptors (Lipinski definition) is 3. The molecule has 0 spiro atoms.